The topological polar surface area (TPSA) is 55.0 Å². The fraction of sp³-hybridized carbons (Fsp3) is 0.400. The fourth-order valence-corrected chi connectivity index (χ4v) is 5.32. The van der Waals surface area contributed by atoms with E-state index in [0.29, 0.717) is 37.0 Å². The van der Waals surface area contributed by atoms with Crippen LogP contribution >= 0.6 is 0 Å². The molecule has 1 amide bonds. The van der Waals surface area contributed by atoms with Gasteiger partial charge in [0.1, 0.15) is 17.5 Å². The molecule has 0 aliphatic carbocycles. The van der Waals surface area contributed by atoms with E-state index in [1.807, 2.05) is 24.9 Å². The number of rotatable bonds is 5. The Kier molecular flexibility index (Phi) is 8.38. The van der Waals surface area contributed by atoms with Crippen LogP contribution in [0.15, 0.2) is 48.7 Å². The molecule has 12 heteroatoms. The van der Waals surface area contributed by atoms with Crippen LogP contribution in [0.3, 0.4) is 0 Å². The molecule has 224 valence electrons. The van der Waals surface area contributed by atoms with Crippen molar-refractivity contribution in [1.29, 1.82) is 0 Å². The first-order valence-corrected chi connectivity index (χ1v) is 13.8. The Balaban J connectivity index is 1.51. The molecule has 0 saturated carbocycles. The largest absolute Gasteiger partial charge is 0.417 e. The van der Waals surface area contributed by atoms with E-state index >= 15 is 4.39 Å². The summed E-state index contributed by atoms with van der Waals surface area (Å²) in [6.07, 6.45) is -3.40. The average Bonchev–Trinajstić information content (AvgIpc) is 2.95. The van der Waals surface area contributed by atoms with Crippen molar-refractivity contribution in [2.45, 2.75) is 19.1 Å². The van der Waals surface area contributed by atoms with Crippen LogP contribution in [0.2, 0.25) is 0 Å². The zero-order valence-corrected chi connectivity index (χ0v) is 23.7. The molecule has 0 bridgehead atoms. The quantitative estimate of drug-likeness (QED) is 0.415. The molecule has 5 rings (SSSR count). The SMILES string of the molecule is CC1CN(c2cc(F)c(-c3ccc(N4CCN(C)CC4)nc3)cc2NC(=O)c2ccc(F)cc2C(F)(F)F)CCN1C. The molecule has 1 aromatic heterocycles. The van der Waals surface area contributed by atoms with E-state index in [9.17, 15) is 22.4 Å². The van der Waals surface area contributed by atoms with Gasteiger partial charge in [-0.05, 0) is 63.5 Å². The maximum atomic E-state index is 15.7. The molecule has 3 heterocycles. The molecular formula is C30H33F5N6O. The van der Waals surface area contributed by atoms with Gasteiger partial charge >= 0.3 is 6.18 Å². The van der Waals surface area contributed by atoms with Gasteiger partial charge in [0.25, 0.3) is 5.91 Å². The number of piperazine rings is 2. The molecule has 42 heavy (non-hydrogen) atoms. The van der Waals surface area contributed by atoms with E-state index in [4.69, 9.17) is 0 Å². The van der Waals surface area contributed by atoms with E-state index in [2.05, 4.69) is 32.0 Å². The number of carbonyl (C=O) groups excluding carboxylic acids is 1. The van der Waals surface area contributed by atoms with E-state index in [-0.39, 0.29) is 17.3 Å². The zero-order valence-electron chi connectivity index (χ0n) is 23.7. The average molecular weight is 589 g/mol. The Morgan fingerprint density at radius 1 is 0.929 bits per heavy atom. The first kappa shape index (κ1) is 29.7. The molecule has 1 unspecified atom stereocenters. The molecule has 1 N–H and O–H groups in total. The molecule has 2 aromatic carbocycles. The van der Waals surface area contributed by atoms with Gasteiger partial charge < -0.3 is 24.9 Å². The number of amides is 1. The molecule has 1 atom stereocenters. The van der Waals surface area contributed by atoms with Crippen LogP contribution in [0.5, 0.6) is 0 Å². The summed E-state index contributed by atoms with van der Waals surface area (Å²) in [7, 11) is 4.03. The molecule has 0 spiro atoms. The van der Waals surface area contributed by atoms with Gasteiger partial charge in [0.05, 0.1) is 22.5 Å². The second kappa shape index (κ2) is 11.8. The van der Waals surface area contributed by atoms with E-state index < -0.39 is 34.8 Å². The lowest BCUT2D eigenvalue weighted by molar-refractivity contribution is -0.138. The van der Waals surface area contributed by atoms with Gasteiger partial charge in [-0.3, -0.25) is 4.79 Å². The summed E-state index contributed by atoms with van der Waals surface area (Å²) in [5.74, 6) is -1.98. The minimum Gasteiger partial charge on any atom is -0.367 e. The zero-order chi connectivity index (χ0) is 30.2. The summed E-state index contributed by atoms with van der Waals surface area (Å²) in [5.41, 5.74) is -1.02. The predicted octanol–water partition coefficient (Wildman–Crippen LogP) is 5.19. The lowest BCUT2D eigenvalue weighted by Gasteiger charge is -2.39. The second-order valence-electron chi connectivity index (χ2n) is 11.0. The van der Waals surface area contributed by atoms with Crippen molar-refractivity contribution in [3.8, 4) is 11.1 Å². The van der Waals surface area contributed by atoms with Crippen LogP contribution in [0.25, 0.3) is 11.1 Å². The normalized spacial score (nSPS) is 18.8. The molecule has 7 nitrogen and oxygen atoms in total. The molecule has 2 aliphatic rings. The van der Waals surface area contributed by atoms with Crippen LogP contribution in [0, 0.1) is 11.6 Å². The number of benzene rings is 2. The van der Waals surface area contributed by atoms with Gasteiger partial charge in [-0.15, -0.1) is 0 Å². The lowest BCUT2D eigenvalue weighted by atomic mass is 10.0. The number of halogens is 5. The number of alkyl halides is 3. The summed E-state index contributed by atoms with van der Waals surface area (Å²) in [6.45, 7) is 7.15. The van der Waals surface area contributed by atoms with Gasteiger partial charge in [-0.2, -0.15) is 13.2 Å². The number of hydrogen-bond acceptors (Lipinski definition) is 6. The third kappa shape index (κ3) is 6.34. The van der Waals surface area contributed by atoms with Crippen molar-refractivity contribution >= 4 is 23.1 Å². The highest BCUT2D eigenvalue weighted by Crippen LogP contribution is 2.37. The van der Waals surface area contributed by atoms with Crippen molar-refractivity contribution < 1.29 is 26.7 Å². The molecule has 2 aliphatic heterocycles. The van der Waals surface area contributed by atoms with Gasteiger partial charge in [0, 0.05) is 69.2 Å². The number of nitrogens with zero attached hydrogens (tertiary/aromatic N) is 5. The Bertz CT molecular complexity index is 1440. The van der Waals surface area contributed by atoms with Gasteiger partial charge in [-0.25, -0.2) is 13.8 Å². The van der Waals surface area contributed by atoms with Crippen LogP contribution in [0.1, 0.15) is 22.8 Å². The lowest BCUT2D eigenvalue weighted by Crippen LogP contribution is -2.50. The number of hydrogen-bond donors (Lipinski definition) is 1. The van der Waals surface area contributed by atoms with Crippen LogP contribution in [-0.2, 0) is 6.18 Å². The standard InChI is InChI=1S/C30H33F5N6O/c1-19-18-41(13-10-39(19)3)27-16-25(32)23(20-4-7-28(36-17-20)40-11-8-38(2)9-12-40)15-26(27)37-29(42)22-6-5-21(31)14-24(22)30(33,34)35/h4-7,14-17,19H,8-13,18H2,1-3H3,(H,37,42). The Hall–Kier alpha value is -3.77. The summed E-state index contributed by atoms with van der Waals surface area (Å²) in [6, 6.07) is 8.29. The highest BCUT2D eigenvalue weighted by Gasteiger charge is 2.36. The second-order valence-corrected chi connectivity index (χ2v) is 11.0. The smallest absolute Gasteiger partial charge is 0.367 e. The van der Waals surface area contributed by atoms with Gasteiger partial charge in [0.15, 0.2) is 0 Å². The first-order valence-electron chi connectivity index (χ1n) is 13.8. The van der Waals surface area contributed by atoms with Crippen molar-refractivity contribution in [3.63, 3.8) is 0 Å². The van der Waals surface area contributed by atoms with Crippen LogP contribution < -0.4 is 15.1 Å². The number of nitrogens with one attached hydrogen (secondary N) is 1. The van der Waals surface area contributed by atoms with Gasteiger partial charge in [-0.1, -0.05) is 0 Å². The molecule has 3 aromatic rings. The number of aromatic nitrogens is 1. The monoisotopic (exact) mass is 588 g/mol. The van der Waals surface area contributed by atoms with Crippen LogP contribution in [-0.4, -0.2) is 86.6 Å². The van der Waals surface area contributed by atoms with Crippen molar-refractivity contribution in [2.24, 2.45) is 0 Å². The predicted molar refractivity (Wildman–Crippen MR) is 153 cm³/mol. The minimum atomic E-state index is -4.95. The molecule has 2 fully saturated rings. The Morgan fingerprint density at radius 3 is 2.29 bits per heavy atom. The third-order valence-corrected chi connectivity index (χ3v) is 8.05. The Morgan fingerprint density at radius 2 is 1.64 bits per heavy atom. The molecule has 2 saturated heterocycles. The summed E-state index contributed by atoms with van der Waals surface area (Å²) < 4.78 is 70.4. The number of likely N-dealkylation sites (N-methyl/N-ethyl adjacent to an activating group) is 2. The number of anilines is 3. The number of pyridine rings is 1. The van der Waals surface area contributed by atoms with E-state index in [1.165, 1.54) is 12.1 Å². The van der Waals surface area contributed by atoms with E-state index in [0.717, 1.165) is 44.1 Å². The maximum absolute atomic E-state index is 15.7. The van der Waals surface area contributed by atoms with Crippen molar-refractivity contribution in [2.75, 3.05) is 75.0 Å². The first-order chi connectivity index (χ1) is 19.9. The van der Waals surface area contributed by atoms with Crippen LogP contribution in [0.4, 0.5) is 39.1 Å². The summed E-state index contributed by atoms with van der Waals surface area (Å²) in [4.78, 5) is 26.2. The maximum Gasteiger partial charge on any atom is 0.417 e. The van der Waals surface area contributed by atoms with Crippen molar-refractivity contribution in [3.05, 3.63) is 71.4 Å². The highest BCUT2D eigenvalue weighted by molar-refractivity contribution is 6.07. The molecule has 0 radical (unpaired) electrons. The third-order valence-electron chi connectivity index (χ3n) is 8.05. The summed E-state index contributed by atoms with van der Waals surface area (Å²) in [5, 5.41) is 2.57. The highest BCUT2D eigenvalue weighted by atomic mass is 19.4. The van der Waals surface area contributed by atoms with Crippen molar-refractivity contribution in [1.82, 2.24) is 14.8 Å². The van der Waals surface area contributed by atoms with Gasteiger partial charge in [0.2, 0.25) is 0 Å². The van der Waals surface area contributed by atoms with E-state index in [1.54, 1.807) is 12.3 Å². The number of carbonyl (C=O) groups is 1. The minimum absolute atomic E-state index is 0.116. The Labute approximate surface area is 241 Å². The molecular weight excluding hydrogens is 555 g/mol. The fourth-order valence-electron chi connectivity index (χ4n) is 5.32. The summed E-state index contributed by atoms with van der Waals surface area (Å²) >= 11 is 0.